The SMILES string of the molecule is CF.CNCCc1ccc(Br)cc1C=O. The molecule has 0 radical (unpaired) electrons. The molecule has 15 heavy (non-hydrogen) atoms. The van der Waals surface area contributed by atoms with Crippen molar-refractivity contribution in [1.82, 2.24) is 5.32 Å². The van der Waals surface area contributed by atoms with Crippen LogP contribution in [0.25, 0.3) is 0 Å². The van der Waals surface area contributed by atoms with E-state index in [-0.39, 0.29) is 0 Å². The van der Waals surface area contributed by atoms with Gasteiger partial charge in [0.25, 0.3) is 0 Å². The van der Waals surface area contributed by atoms with Crippen LogP contribution in [0.3, 0.4) is 0 Å². The van der Waals surface area contributed by atoms with Crippen molar-refractivity contribution in [1.29, 1.82) is 0 Å². The lowest BCUT2D eigenvalue weighted by Gasteiger charge is -2.04. The van der Waals surface area contributed by atoms with Gasteiger partial charge >= 0.3 is 0 Å². The van der Waals surface area contributed by atoms with Crippen LogP contribution in [0, 0.1) is 0 Å². The molecule has 0 aliphatic heterocycles. The van der Waals surface area contributed by atoms with Gasteiger partial charge in [0.15, 0.2) is 0 Å². The zero-order valence-electron chi connectivity index (χ0n) is 8.89. The molecule has 0 unspecified atom stereocenters. The van der Waals surface area contributed by atoms with Gasteiger partial charge in [-0.2, -0.15) is 0 Å². The van der Waals surface area contributed by atoms with E-state index in [1.807, 2.05) is 25.2 Å². The molecule has 1 rings (SSSR count). The number of benzene rings is 1. The summed E-state index contributed by atoms with van der Waals surface area (Å²) in [6, 6.07) is 5.78. The van der Waals surface area contributed by atoms with Gasteiger partial charge < -0.3 is 5.32 Å². The van der Waals surface area contributed by atoms with Crippen LogP contribution in [0.4, 0.5) is 4.39 Å². The summed E-state index contributed by atoms with van der Waals surface area (Å²) in [5.74, 6) is 0. The minimum atomic E-state index is 0.500. The fraction of sp³-hybridized carbons (Fsp3) is 0.364. The Bertz CT molecular complexity index is 305. The van der Waals surface area contributed by atoms with E-state index in [2.05, 4.69) is 21.2 Å². The van der Waals surface area contributed by atoms with Gasteiger partial charge in [0, 0.05) is 10.0 Å². The second-order valence-corrected chi connectivity index (χ2v) is 3.73. The summed E-state index contributed by atoms with van der Waals surface area (Å²) >= 11 is 3.33. The van der Waals surface area contributed by atoms with E-state index >= 15 is 0 Å². The minimum absolute atomic E-state index is 0.500. The third-order valence-electron chi connectivity index (χ3n) is 1.88. The Balaban J connectivity index is 0.000000921. The number of rotatable bonds is 4. The van der Waals surface area contributed by atoms with Gasteiger partial charge in [0.2, 0.25) is 0 Å². The summed E-state index contributed by atoms with van der Waals surface area (Å²) in [5, 5.41) is 3.05. The molecule has 2 nitrogen and oxygen atoms in total. The summed E-state index contributed by atoms with van der Waals surface area (Å²) in [4.78, 5) is 10.7. The van der Waals surface area contributed by atoms with Crippen molar-refractivity contribution in [2.75, 3.05) is 20.8 Å². The Morgan fingerprint density at radius 2 is 2.13 bits per heavy atom. The summed E-state index contributed by atoms with van der Waals surface area (Å²) in [6.45, 7) is 0.891. The van der Waals surface area contributed by atoms with Crippen LogP contribution < -0.4 is 5.32 Å². The van der Waals surface area contributed by atoms with Crippen molar-refractivity contribution in [3.63, 3.8) is 0 Å². The number of hydrogen-bond donors (Lipinski definition) is 1. The lowest BCUT2D eigenvalue weighted by Crippen LogP contribution is -2.11. The zero-order valence-corrected chi connectivity index (χ0v) is 10.5. The number of nitrogens with one attached hydrogen (secondary N) is 1. The molecule has 0 spiro atoms. The molecule has 4 heteroatoms. The van der Waals surface area contributed by atoms with Gasteiger partial charge in [-0.3, -0.25) is 9.18 Å². The summed E-state index contributed by atoms with van der Waals surface area (Å²) < 4.78 is 10.4. The second kappa shape index (κ2) is 8.56. The molecule has 0 fully saturated rings. The third-order valence-corrected chi connectivity index (χ3v) is 2.37. The fourth-order valence-electron chi connectivity index (χ4n) is 1.16. The lowest BCUT2D eigenvalue weighted by atomic mass is 10.1. The van der Waals surface area contributed by atoms with Gasteiger partial charge in [-0.15, -0.1) is 0 Å². The molecule has 0 saturated heterocycles. The number of carbonyl (C=O) groups excluding carboxylic acids is 1. The zero-order chi connectivity index (χ0) is 11.7. The molecule has 0 amide bonds. The largest absolute Gasteiger partial charge is 0.319 e. The van der Waals surface area contributed by atoms with Crippen molar-refractivity contribution in [3.05, 3.63) is 33.8 Å². The Morgan fingerprint density at radius 1 is 1.47 bits per heavy atom. The smallest absolute Gasteiger partial charge is 0.150 e. The maximum Gasteiger partial charge on any atom is 0.150 e. The quantitative estimate of drug-likeness (QED) is 0.856. The number of alkyl halides is 1. The van der Waals surface area contributed by atoms with Crippen LogP contribution in [0.2, 0.25) is 0 Å². The Hall–Kier alpha value is -0.740. The molecule has 0 aromatic heterocycles. The summed E-state index contributed by atoms with van der Waals surface area (Å²) in [6.07, 6.45) is 1.79. The topological polar surface area (TPSA) is 29.1 Å². The van der Waals surface area contributed by atoms with E-state index in [9.17, 15) is 9.18 Å². The van der Waals surface area contributed by atoms with Gasteiger partial charge in [-0.25, -0.2) is 0 Å². The predicted molar refractivity (Wildman–Crippen MR) is 64.2 cm³/mol. The van der Waals surface area contributed by atoms with E-state index in [0.717, 1.165) is 34.9 Å². The average Bonchev–Trinajstić information content (AvgIpc) is 2.30. The van der Waals surface area contributed by atoms with Crippen LogP contribution in [0.15, 0.2) is 22.7 Å². The van der Waals surface area contributed by atoms with Crippen LogP contribution in [0.5, 0.6) is 0 Å². The van der Waals surface area contributed by atoms with Crippen LogP contribution in [-0.2, 0) is 6.42 Å². The monoisotopic (exact) mass is 275 g/mol. The average molecular weight is 276 g/mol. The highest BCUT2D eigenvalue weighted by Gasteiger charge is 2.01. The number of aldehydes is 1. The highest BCUT2D eigenvalue weighted by molar-refractivity contribution is 9.10. The van der Waals surface area contributed by atoms with Crippen LogP contribution in [-0.4, -0.2) is 27.1 Å². The molecular formula is C11H15BrFNO. The molecule has 1 aromatic carbocycles. The van der Waals surface area contributed by atoms with E-state index in [4.69, 9.17) is 0 Å². The van der Waals surface area contributed by atoms with Gasteiger partial charge in [0.1, 0.15) is 6.29 Å². The second-order valence-electron chi connectivity index (χ2n) is 2.81. The van der Waals surface area contributed by atoms with E-state index in [1.54, 1.807) is 0 Å². The Kier molecular flexibility index (Phi) is 8.14. The Labute approximate surface area is 98.0 Å². The predicted octanol–water partition coefficient (Wildman–Crippen LogP) is 2.61. The van der Waals surface area contributed by atoms with E-state index in [0.29, 0.717) is 7.18 Å². The lowest BCUT2D eigenvalue weighted by molar-refractivity contribution is 0.112. The molecule has 1 N–H and O–H groups in total. The number of hydrogen-bond acceptors (Lipinski definition) is 2. The minimum Gasteiger partial charge on any atom is -0.319 e. The molecule has 0 aliphatic carbocycles. The summed E-state index contributed by atoms with van der Waals surface area (Å²) in [5.41, 5.74) is 1.86. The maximum atomic E-state index is 10.7. The maximum absolute atomic E-state index is 10.7. The fourth-order valence-corrected chi connectivity index (χ4v) is 1.54. The molecular weight excluding hydrogens is 261 g/mol. The van der Waals surface area contributed by atoms with Crippen molar-refractivity contribution in [2.45, 2.75) is 6.42 Å². The molecule has 0 aliphatic rings. The van der Waals surface area contributed by atoms with Crippen molar-refractivity contribution in [2.24, 2.45) is 0 Å². The van der Waals surface area contributed by atoms with Crippen LogP contribution >= 0.6 is 15.9 Å². The molecule has 0 atom stereocenters. The Morgan fingerprint density at radius 3 is 2.67 bits per heavy atom. The molecule has 84 valence electrons. The van der Waals surface area contributed by atoms with E-state index < -0.39 is 0 Å². The van der Waals surface area contributed by atoms with Crippen molar-refractivity contribution < 1.29 is 9.18 Å². The first-order valence-electron chi connectivity index (χ1n) is 4.54. The number of likely N-dealkylation sites (N-methyl/N-ethyl adjacent to an activating group) is 1. The molecule has 0 saturated carbocycles. The molecule has 0 bridgehead atoms. The van der Waals surface area contributed by atoms with Crippen molar-refractivity contribution >= 4 is 22.2 Å². The highest BCUT2D eigenvalue weighted by atomic mass is 79.9. The number of halogens is 2. The molecule has 0 heterocycles. The van der Waals surface area contributed by atoms with E-state index in [1.165, 1.54) is 0 Å². The normalized spacial score (nSPS) is 9.07. The van der Waals surface area contributed by atoms with Gasteiger partial charge in [-0.05, 0) is 37.7 Å². The first-order chi connectivity index (χ1) is 7.27. The number of carbonyl (C=O) groups is 1. The standard InChI is InChI=1S/C10H12BrNO.CH3F/c1-12-5-4-8-2-3-10(11)6-9(8)7-13;1-2/h2-3,6-7,12H,4-5H2,1H3;1H3. The first kappa shape index (κ1) is 14.3. The van der Waals surface area contributed by atoms with Crippen molar-refractivity contribution in [3.8, 4) is 0 Å². The van der Waals surface area contributed by atoms with Gasteiger partial charge in [-0.1, -0.05) is 22.0 Å². The first-order valence-corrected chi connectivity index (χ1v) is 5.33. The highest BCUT2D eigenvalue weighted by Crippen LogP contribution is 2.15. The molecule has 1 aromatic rings. The van der Waals surface area contributed by atoms with Crippen LogP contribution in [0.1, 0.15) is 15.9 Å². The summed E-state index contributed by atoms with van der Waals surface area (Å²) in [7, 11) is 2.40. The van der Waals surface area contributed by atoms with Gasteiger partial charge in [0.05, 0.1) is 7.18 Å². The third kappa shape index (κ3) is 5.04.